The van der Waals surface area contributed by atoms with Gasteiger partial charge in [0.05, 0.1) is 17.1 Å². The van der Waals surface area contributed by atoms with Crippen LogP contribution >= 0.6 is 22.3 Å². The maximum Gasteiger partial charge on any atom is 0.338 e. The molecule has 8 heteroatoms. The van der Waals surface area contributed by atoms with E-state index in [1.165, 1.54) is 13.0 Å². The first-order valence-electron chi connectivity index (χ1n) is 6.20. The van der Waals surface area contributed by atoms with Crippen molar-refractivity contribution >= 4 is 37.3 Å². The maximum atomic E-state index is 12.0. The molecule has 0 amide bonds. The van der Waals surface area contributed by atoms with Crippen LogP contribution in [0.3, 0.4) is 0 Å². The Labute approximate surface area is 133 Å². The number of benzene rings is 1. The molecule has 0 aromatic heterocycles. The molecule has 0 bridgehead atoms. The second-order valence-electron chi connectivity index (χ2n) is 4.39. The van der Waals surface area contributed by atoms with Crippen LogP contribution < -0.4 is 0 Å². The Morgan fingerprint density at radius 2 is 2.00 bits per heavy atom. The van der Waals surface area contributed by atoms with Gasteiger partial charge in [0, 0.05) is 22.3 Å². The summed E-state index contributed by atoms with van der Waals surface area (Å²) in [5, 5.41) is 0.126. The van der Waals surface area contributed by atoms with E-state index < -0.39 is 21.1 Å². The van der Waals surface area contributed by atoms with Gasteiger partial charge in [-0.3, -0.25) is 0 Å². The van der Waals surface area contributed by atoms with Crippen molar-refractivity contribution < 1.29 is 22.7 Å². The van der Waals surface area contributed by atoms with E-state index in [1.807, 2.05) is 6.92 Å². The zero-order chi connectivity index (χ0) is 16.2. The maximum absolute atomic E-state index is 12.0. The highest BCUT2D eigenvalue weighted by Crippen LogP contribution is 2.28. The van der Waals surface area contributed by atoms with Crippen LogP contribution in [0.1, 0.15) is 29.8 Å². The van der Waals surface area contributed by atoms with E-state index in [-0.39, 0.29) is 27.7 Å². The summed E-state index contributed by atoms with van der Waals surface area (Å²) in [7, 11) is 1.33. The Hall–Kier alpha value is -0.820. The number of carbonyl (C=O) groups excluding carboxylic acids is 1. The van der Waals surface area contributed by atoms with Crippen molar-refractivity contribution in [2.45, 2.75) is 31.8 Å². The molecule has 0 fully saturated rings. The first kappa shape index (κ1) is 18.2. The van der Waals surface area contributed by atoms with Gasteiger partial charge in [0.1, 0.15) is 6.10 Å². The summed E-state index contributed by atoms with van der Waals surface area (Å²) in [5.41, 5.74) is 0.304. The topological polar surface area (TPSA) is 69.7 Å². The van der Waals surface area contributed by atoms with Gasteiger partial charge in [-0.2, -0.15) is 0 Å². The van der Waals surface area contributed by atoms with Gasteiger partial charge in [0.25, 0.3) is 9.05 Å². The Kier molecular flexibility index (Phi) is 6.46. The minimum absolute atomic E-state index is 0.0215. The highest BCUT2D eigenvalue weighted by atomic mass is 35.7. The van der Waals surface area contributed by atoms with Crippen molar-refractivity contribution in [2.24, 2.45) is 0 Å². The second kappa shape index (κ2) is 7.45. The van der Waals surface area contributed by atoms with E-state index in [1.54, 1.807) is 6.92 Å². The third kappa shape index (κ3) is 5.14. The number of ether oxygens (including phenoxy) is 2. The predicted molar refractivity (Wildman–Crippen MR) is 80.6 cm³/mol. The quantitative estimate of drug-likeness (QED) is 0.579. The summed E-state index contributed by atoms with van der Waals surface area (Å²) in [6.07, 6.45) is -0.464. The summed E-state index contributed by atoms with van der Waals surface area (Å²) in [5.74, 6) is -0.689. The van der Waals surface area contributed by atoms with E-state index in [4.69, 9.17) is 31.8 Å². The van der Waals surface area contributed by atoms with Crippen LogP contribution in [0, 0.1) is 6.92 Å². The van der Waals surface area contributed by atoms with Crippen LogP contribution in [0.5, 0.6) is 0 Å². The first-order chi connectivity index (χ1) is 9.66. The minimum atomic E-state index is -4.00. The fourth-order valence-electron chi connectivity index (χ4n) is 1.59. The largest absolute Gasteiger partial charge is 0.457 e. The van der Waals surface area contributed by atoms with Gasteiger partial charge >= 0.3 is 5.97 Å². The van der Waals surface area contributed by atoms with Crippen LogP contribution in [0.4, 0.5) is 0 Å². The molecule has 1 aromatic rings. The van der Waals surface area contributed by atoms with Crippen molar-refractivity contribution in [3.05, 3.63) is 28.3 Å². The summed E-state index contributed by atoms with van der Waals surface area (Å²) >= 11 is 5.93. The van der Waals surface area contributed by atoms with E-state index >= 15 is 0 Å². The van der Waals surface area contributed by atoms with Crippen molar-refractivity contribution in [2.75, 3.05) is 13.2 Å². The molecule has 0 saturated heterocycles. The average Bonchev–Trinajstić information content (AvgIpc) is 2.37. The molecule has 0 heterocycles. The molecule has 0 aliphatic carbocycles. The molecular weight excluding hydrogens is 339 g/mol. The first-order valence-corrected chi connectivity index (χ1v) is 8.89. The molecular formula is C13H16Cl2O5S. The smallest absolute Gasteiger partial charge is 0.338 e. The van der Waals surface area contributed by atoms with Crippen LogP contribution in [0.25, 0.3) is 0 Å². The third-order valence-corrected chi connectivity index (χ3v) is 4.50. The lowest BCUT2D eigenvalue weighted by molar-refractivity contribution is 0.00437. The fourth-order valence-corrected chi connectivity index (χ4v) is 3.09. The molecule has 1 aromatic carbocycles. The number of hydrogen-bond donors (Lipinski definition) is 0. The van der Waals surface area contributed by atoms with Crippen LogP contribution in [-0.4, -0.2) is 33.7 Å². The second-order valence-corrected chi connectivity index (χ2v) is 7.34. The van der Waals surface area contributed by atoms with Crippen LogP contribution in [0.2, 0.25) is 5.02 Å². The molecule has 0 spiro atoms. The van der Waals surface area contributed by atoms with E-state index in [9.17, 15) is 13.2 Å². The third-order valence-electron chi connectivity index (χ3n) is 2.66. The minimum Gasteiger partial charge on any atom is -0.457 e. The zero-order valence-corrected chi connectivity index (χ0v) is 14.2. The lowest BCUT2D eigenvalue weighted by atomic mass is 10.1. The van der Waals surface area contributed by atoms with Crippen molar-refractivity contribution in [1.82, 2.24) is 0 Å². The van der Waals surface area contributed by atoms with Crippen molar-refractivity contribution in [1.29, 1.82) is 0 Å². The average molecular weight is 355 g/mol. The molecule has 0 saturated carbocycles. The molecule has 0 N–H and O–H groups in total. The van der Waals surface area contributed by atoms with Gasteiger partial charge in [-0.25, -0.2) is 13.2 Å². The van der Waals surface area contributed by atoms with Gasteiger partial charge in [-0.15, -0.1) is 0 Å². The number of rotatable bonds is 6. The van der Waals surface area contributed by atoms with Crippen molar-refractivity contribution in [3.63, 3.8) is 0 Å². The number of carbonyl (C=O) groups is 1. The normalized spacial score (nSPS) is 13.0. The summed E-state index contributed by atoms with van der Waals surface area (Å²) < 4.78 is 33.2. The van der Waals surface area contributed by atoms with Gasteiger partial charge in [0.2, 0.25) is 0 Å². The van der Waals surface area contributed by atoms with Gasteiger partial charge < -0.3 is 9.47 Å². The van der Waals surface area contributed by atoms with Crippen molar-refractivity contribution in [3.8, 4) is 0 Å². The summed E-state index contributed by atoms with van der Waals surface area (Å²) in [6.45, 7) is 5.76. The SMILES string of the molecule is CCOCC(C)OC(=O)c1cc(Cl)c(C)c(S(=O)(=O)Cl)c1. The lowest BCUT2D eigenvalue weighted by Gasteiger charge is -2.14. The van der Waals surface area contributed by atoms with Crippen LogP contribution in [-0.2, 0) is 18.5 Å². The Morgan fingerprint density at radius 1 is 1.38 bits per heavy atom. The molecule has 1 unspecified atom stereocenters. The molecule has 21 heavy (non-hydrogen) atoms. The number of halogens is 2. The molecule has 0 aliphatic heterocycles. The summed E-state index contributed by atoms with van der Waals surface area (Å²) in [4.78, 5) is 11.8. The predicted octanol–water partition coefficient (Wildman–Crippen LogP) is 3.16. The zero-order valence-electron chi connectivity index (χ0n) is 11.9. The van der Waals surface area contributed by atoms with Crippen LogP contribution in [0.15, 0.2) is 17.0 Å². The standard InChI is InChI=1S/C13H16Cl2O5S/c1-4-19-7-8(2)20-13(16)10-5-11(14)9(3)12(6-10)21(15,17)18/h5-6,8H,4,7H2,1-3H3. The molecule has 1 rings (SSSR count). The highest BCUT2D eigenvalue weighted by Gasteiger charge is 2.21. The molecule has 0 radical (unpaired) electrons. The number of esters is 1. The van der Waals surface area contributed by atoms with E-state index in [0.717, 1.165) is 6.07 Å². The Morgan fingerprint density at radius 3 is 2.52 bits per heavy atom. The van der Waals surface area contributed by atoms with Gasteiger partial charge in [-0.05, 0) is 38.5 Å². The Bertz CT molecular complexity index is 628. The molecule has 5 nitrogen and oxygen atoms in total. The number of hydrogen-bond acceptors (Lipinski definition) is 5. The Balaban J connectivity index is 3.04. The lowest BCUT2D eigenvalue weighted by Crippen LogP contribution is -2.20. The molecule has 1 atom stereocenters. The fraction of sp³-hybridized carbons (Fsp3) is 0.462. The molecule has 118 valence electrons. The molecule has 0 aliphatic rings. The van der Waals surface area contributed by atoms with Gasteiger partial charge in [0.15, 0.2) is 0 Å². The monoisotopic (exact) mass is 354 g/mol. The highest BCUT2D eigenvalue weighted by molar-refractivity contribution is 8.13. The summed E-state index contributed by atoms with van der Waals surface area (Å²) in [6, 6.07) is 2.50. The van der Waals surface area contributed by atoms with E-state index in [0.29, 0.717) is 6.61 Å². The van der Waals surface area contributed by atoms with Gasteiger partial charge in [-0.1, -0.05) is 11.6 Å². The van der Waals surface area contributed by atoms with E-state index in [2.05, 4.69) is 0 Å².